The van der Waals surface area contributed by atoms with Gasteiger partial charge in [0.2, 0.25) is 0 Å². The third kappa shape index (κ3) is 4.01. The van der Waals surface area contributed by atoms with Crippen molar-refractivity contribution in [2.24, 2.45) is 0 Å². The van der Waals surface area contributed by atoms with Gasteiger partial charge in [0, 0.05) is 0 Å². The summed E-state index contributed by atoms with van der Waals surface area (Å²) in [5.41, 5.74) is 1.18. The molecule has 0 bridgehead atoms. The highest BCUT2D eigenvalue weighted by atomic mass is 32.2. The van der Waals surface area contributed by atoms with Crippen LogP contribution in [0, 0.1) is 0 Å². The molecule has 5 heteroatoms. The molecule has 2 aromatic carbocycles. The summed E-state index contributed by atoms with van der Waals surface area (Å²) in [5, 5.41) is 0. The zero-order valence-corrected chi connectivity index (χ0v) is 10.8. The number of rotatable bonds is 4. The number of carbonyl (C=O) groups is 1. The fraction of sp³-hybridized carbons (Fsp3) is 0.0714. The molecule has 0 aromatic heterocycles. The molecule has 0 amide bonds. The van der Waals surface area contributed by atoms with E-state index in [1.807, 2.05) is 6.07 Å². The number of hydrogen-bond donors (Lipinski definition) is 1. The van der Waals surface area contributed by atoms with Crippen LogP contribution in [0.1, 0.15) is 15.9 Å². The molecule has 0 saturated heterocycles. The molecule has 0 aliphatic heterocycles. The summed E-state index contributed by atoms with van der Waals surface area (Å²) in [4.78, 5) is 11.8. The Morgan fingerprint density at radius 1 is 1.05 bits per heavy atom. The van der Waals surface area contributed by atoms with Gasteiger partial charge in [-0.2, -0.15) is 0 Å². The van der Waals surface area contributed by atoms with Gasteiger partial charge in [0.05, 0.1) is 11.3 Å². The van der Waals surface area contributed by atoms with E-state index in [1.165, 1.54) is 0 Å². The van der Waals surface area contributed by atoms with Gasteiger partial charge >= 0.3 is 5.97 Å². The van der Waals surface area contributed by atoms with Crippen molar-refractivity contribution in [2.45, 2.75) is 5.75 Å². The van der Waals surface area contributed by atoms with Crippen LogP contribution in [-0.2, 0) is 16.8 Å². The summed E-state index contributed by atoms with van der Waals surface area (Å²) in [6, 6.07) is 15.2. The van der Waals surface area contributed by atoms with Crippen molar-refractivity contribution in [3.8, 4) is 5.75 Å². The van der Waals surface area contributed by atoms with Crippen LogP contribution in [0.3, 0.4) is 0 Å². The second-order valence-electron chi connectivity index (χ2n) is 3.87. The third-order valence-corrected chi connectivity index (χ3v) is 3.01. The van der Waals surface area contributed by atoms with Crippen LogP contribution in [0.2, 0.25) is 0 Å². The van der Waals surface area contributed by atoms with E-state index in [2.05, 4.69) is 0 Å². The molecule has 0 radical (unpaired) electrons. The van der Waals surface area contributed by atoms with Crippen LogP contribution in [0.4, 0.5) is 0 Å². The maximum absolute atomic E-state index is 11.8. The summed E-state index contributed by atoms with van der Waals surface area (Å²) in [6.07, 6.45) is 0. The lowest BCUT2D eigenvalue weighted by molar-refractivity contribution is 0.0734. The molecule has 98 valence electrons. The van der Waals surface area contributed by atoms with E-state index >= 15 is 0 Å². The van der Waals surface area contributed by atoms with E-state index in [-0.39, 0.29) is 5.75 Å². The molecule has 0 fully saturated rings. The molecule has 0 aliphatic carbocycles. The number of ether oxygens (including phenoxy) is 1. The van der Waals surface area contributed by atoms with Gasteiger partial charge in [-0.1, -0.05) is 30.3 Å². The van der Waals surface area contributed by atoms with Crippen molar-refractivity contribution in [3.05, 3.63) is 65.7 Å². The first-order valence-corrected chi connectivity index (χ1v) is 6.86. The lowest BCUT2D eigenvalue weighted by atomic mass is 10.2. The van der Waals surface area contributed by atoms with Crippen LogP contribution in [0.5, 0.6) is 5.75 Å². The lowest BCUT2D eigenvalue weighted by Crippen LogP contribution is -2.08. The number of carbonyl (C=O) groups excluding carboxylic acids is 1. The van der Waals surface area contributed by atoms with E-state index in [9.17, 15) is 9.00 Å². The van der Waals surface area contributed by atoms with E-state index in [0.29, 0.717) is 16.9 Å². The maximum Gasteiger partial charge on any atom is 0.343 e. The Balaban J connectivity index is 2.04. The van der Waals surface area contributed by atoms with Gasteiger partial charge in [-0.05, 0) is 29.8 Å². The first-order chi connectivity index (χ1) is 9.15. The van der Waals surface area contributed by atoms with Crippen molar-refractivity contribution in [1.29, 1.82) is 0 Å². The Hall–Kier alpha value is -1.98. The minimum atomic E-state index is -1.87. The highest BCUT2D eigenvalue weighted by Gasteiger charge is 2.07. The number of benzene rings is 2. The normalized spacial score (nSPS) is 11.8. The molecule has 4 nitrogen and oxygen atoms in total. The zero-order chi connectivity index (χ0) is 13.7. The maximum atomic E-state index is 11.8. The zero-order valence-electron chi connectivity index (χ0n) is 9.98. The van der Waals surface area contributed by atoms with Gasteiger partial charge in [-0.15, -0.1) is 0 Å². The van der Waals surface area contributed by atoms with Crippen LogP contribution in [-0.4, -0.2) is 14.7 Å². The summed E-state index contributed by atoms with van der Waals surface area (Å²) in [5.74, 6) is 0.0350. The molecule has 2 aromatic rings. The molecule has 0 saturated carbocycles. The van der Waals surface area contributed by atoms with Crippen LogP contribution in [0.25, 0.3) is 0 Å². The van der Waals surface area contributed by atoms with Gasteiger partial charge in [0.1, 0.15) is 5.75 Å². The lowest BCUT2D eigenvalue weighted by Gasteiger charge is -2.05. The second-order valence-corrected chi connectivity index (χ2v) is 4.80. The van der Waals surface area contributed by atoms with E-state index in [4.69, 9.17) is 9.29 Å². The Kier molecular flexibility index (Phi) is 4.43. The molecule has 0 aliphatic rings. The van der Waals surface area contributed by atoms with E-state index < -0.39 is 17.0 Å². The van der Waals surface area contributed by atoms with Gasteiger partial charge in [-0.25, -0.2) is 9.00 Å². The molecule has 1 N–H and O–H groups in total. The summed E-state index contributed by atoms with van der Waals surface area (Å²) >= 11 is -1.87. The minimum absolute atomic E-state index is 0.0624. The second kappa shape index (κ2) is 6.26. The molecule has 0 heterocycles. The first kappa shape index (κ1) is 13.5. The fourth-order valence-corrected chi connectivity index (χ4v) is 2.01. The van der Waals surface area contributed by atoms with Crippen molar-refractivity contribution in [2.75, 3.05) is 0 Å². The highest BCUT2D eigenvalue weighted by Crippen LogP contribution is 2.15. The number of hydrogen-bond acceptors (Lipinski definition) is 3. The minimum Gasteiger partial charge on any atom is -0.423 e. The van der Waals surface area contributed by atoms with Crippen molar-refractivity contribution in [1.82, 2.24) is 0 Å². The standard InChI is InChI=1S/C14H12O4S/c15-14(12-4-2-1-3-5-12)18-13-8-6-11(7-9-13)10-19(16)17/h1-9H,10H2,(H,16,17). The third-order valence-electron chi connectivity index (χ3n) is 2.43. The summed E-state index contributed by atoms with van der Waals surface area (Å²) < 4.78 is 24.6. The van der Waals surface area contributed by atoms with Crippen LogP contribution in [0.15, 0.2) is 54.6 Å². The molecule has 0 spiro atoms. The average Bonchev–Trinajstić information content (AvgIpc) is 2.41. The number of esters is 1. The van der Waals surface area contributed by atoms with Gasteiger partial charge < -0.3 is 9.29 Å². The molecule has 19 heavy (non-hydrogen) atoms. The largest absolute Gasteiger partial charge is 0.423 e. The predicted molar refractivity (Wildman–Crippen MR) is 72.3 cm³/mol. The predicted octanol–water partition coefficient (Wildman–Crippen LogP) is 2.63. The van der Waals surface area contributed by atoms with Crippen LogP contribution >= 0.6 is 0 Å². The van der Waals surface area contributed by atoms with Crippen LogP contribution < -0.4 is 4.74 Å². The summed E-state index contributed by atoms with van der Waals surface area (Å²) in [7, 11) is 0. The molecule has 1 atom stereocenters. The molecular formula is C14H12O4S. The van der Waals surface area contributed by atoms with E-state index in [0.717, 1.165) is 0 Å². The van der Waals surface area contributed by atoms with E-state index in [1.54, 1.807) is 48.5 Å². The van der Waals surface area contributed by atoms with Crippen molar-refractivity contribution < 1.29 is 18.3 Å². The van der Waals surface area contributed by atoms with Crippen molar-refractivity contribution in [3.63, 3.8) is 0 Å². The molecule has 1 unspecified atom stereocenters. The Morgan fingerprint density at radius 3 is 2.26 bits per heavy atom. The van der Waals surface area contributed by atoms with Gasteiger partial charge in [-0.3, -0.25) is 0 Å². The Labute approximate surface area is 113 Å². The fourth-order valence-electron chi connectivity index (χ4n) is 1.54. The Bertz CT molecular complexity index is 578. The quantitative estimate of drug-likeness (QED) is 0.529. The van der Waals surface area contributed by atoms with Gasteiger partial charge in [0.15, 0.2) is 11.1 Å². The van der Waals surface area contributed by atoms with Crippen molar-refractivity contribution >= 4 is 17.0 Å². The molecular weight excluding hydrogens is 264 g/mol. The highest BCUT2D eigenvalue weighted by molar-refractivity contribution is 7.78. The first-order valence-electron chi connectivity index (χ1n) is 5.59. The Morgan fingerprint density at radius 2 is 1.68 bits per heavy atom. The summed E-state index contributed by atoms with van der Waals surface area (Å²) in [6.45, 7) is 0. The topological polar surface area (TPSA) is 63.6 Å². The molecule has 2 rings (SSSR count). The van der Waals surface area contributed by atoms with Gasteiger partial charge in [0.25, 0.3) is 0 Å². The monoisotopic (exact) mass is 276 g/mol. The average molecular weight is 276 g/mol. The smallest absolute Gasteiger partial charge is 0.343 e. The SMILES string of the molecule is O=C(Oc1ccc(CS(=O)O)cc1)c1ccccc1.